The summed E-state index contributed by atoms with van der Waals surface area (Å²) in [4.78, 5) is 4.05. The Hall–Kier alpha value is -0.890. The van der Waals surface area contributed by atoms with E-state index >= 15 is 0 Å². The number of nitrogens with one attached hydrogen (secondary N) is 1. The highest BCUT2D eigenvalue weighted by Crippen LogP contribution is 2.24. The van der Waals surface area contributed by atoms with Gasteiger partial charge in [-0.3, -0.25) is 4.98 Å². The second kappa shape index (κ2) is 4.56. The van der Waals surface area contributed by atoms with Gasteiger partial charge >= 0.3 is 0 Å². The van der Waals surface area contributed by atoms with E-state index in [1.54, 1.807) is 0 Å². The fraction of sp³-hybridized carbons (Fsp3) is 0.583. The maximum Gasteiger partial charge on any atom is 0.0321 e. The largest absolute Gasteiger partial charge is 0.310 e. The van der Waals surface area contributed by atoms with Crippen LogP contribution >= 0.6 is 0 Å². The van der Waals surface area contributed by atoms with Crippen molar-refractivity contribution in [1.29, 1.82) is 0 Å². The molecule has 2 rings (SSSR count). The van der Waals surface area contributed by atoms with Gasteiger partial charge in [-0.05, 0) is 49.4 Å². The zero-order valence-corrected chi connectivity index (χ0v) is 8.74. The third kappa shape index (κ3) is 2.32. The predicted octanol–water partition coefficient (Wildman–Crippen LogP) is 2.53. The minimum Gasteiger partial charge on any atom is -0.310 e. The molecule has 1 N–H and O–H groups in total. The van der Waals surface area contributed by atoms with Crippen molar-refractivity contribution in [3.05, 3.63) is 30.1 Å². The second-order valence-corrected chi connectivity index (χ2v) is 4.26. The topological polar surface area (TPSA) is 24.9 Å². The van der Waals surface area contributed by atoms with Crippen LogP contribution in [-0.4, -0.2) is 11.5 Å². The zero-order chi connectivity index (χ0) is 9.80. The fourth-order valence-corrected chi connectivity index (χ4v) is 2.08. The minimum atomic E-state index is 0.544. The summed E-state index contributed by atoms with van der Waals surface area (Å²) in [5, 5.41) is 3.60. The highest BCUT2D eigenvalue weighted by Gasteiger charge is 2.16. The highest BCUT2D eigenvalue weighted by atomic mass is 14.9. The molecule has 0 unspecified atom stereocenters. The summed E-state index contributed by atoms with van der Waals surface area (Å²) in [6, 6.07) is 4.78. The Bertz CT molecular complexity index is 271. The van der Waals surface area contributed by atoms with E-state index in [-0.39, 0.29) is 0 Å². The number of aromatic nitrogens is 1. The van der Waals surface area contributed by atoms with Crippen LogP contribution in [-0.2, 0) is 0 Å². The molecule has 1 aromatic heterocycles. The molecule has 0 bridgehead atoms. The van der Waals surface area contributed by atoms with E-state index in [0.717, 1.165) is 12.5 Å². The minimum absolute atomic E-state index is 0.544. The average molecular weight is 190 g/mol. The standard InChI is InChI=1S/C12H18N2/c1-10-2-3-12(14-9-4-10)11-5-7-13-8-6-11/h5-8,10,12,14H,2-4,9H2,1H3/t10-,12-/m1/s1. The summed E-state index contributed by atoms with van der Waals surface area (Å²) in [7, 11) is 0. The van der Waals surface area contributed by atoms with E-state index in [9.17, 15) is 0 Å². The molecule has 1 saturated heterocycles. The van der Waals surface area contributed by atoms with Gasteiger partial charge in [0.2, 0.25) is 0 Å². The normalized spacial score (nSPS) is 28.4. The van der Waals surface area contributed by atoms with Gasteiger partial charge in [0.25, 0.3) is 0 Å². The van der Waals surface area contributed by atoms with Crippen LogP contribution in [0.5, 0.6) is 0 Å². The van der Waals surface area contributed by atoms with Crippen molar-refractivity contribution in [1.82, 2.24) is 10.3 Å². The van der Waals surface area contributed by atoms with Gasteiger partial charge in [0.1, 0.15) is 0 Å². The summed E-state index contributed by atoms with van der Waals surface area (Å²) in [5.74, 6) is 0.870. The van der Waals surface area contributed by atoms with Crippen molar-refractivity contribution in [3.8, 4) is 0 Å². The van der Waals surface area contributed by atoms with Gasteiger partial charge in [-0.25, -0.2) is 0 Å². The van der Waals surface area contributed by atoms with Crippen LogP contribution in [0.4, 0.5) is 0 Å². The van der Waals surface area contributed by atoms with Crippen molar-refractivity contribution in [2.75, 3.05) is 6.54 Å². The van der Waals surface area contributed by atoms with E-state index in [2.05, 4.69) is 29.4 Å². The zero-order valence-electron chi connectivity index (χ0n) is 8.74. The maximum absolute atomic E-state index is 4.05. The Morgan fingerprint density at radius 3 is 2.79 bits per heavy atom. The fourth-order valence-electron chi connectivity index (χ4n) is 2.08. The SMILES string of the molecule is C[C@H]1CCN[C@@H](c2ccncc2)CC1. The van der Waals surface area contributed by atoms with Crippen LogP contribution in [0.3, 0.4) is 0 Å². The van der Waals surface area contributed by atoms with Gasteiger partial charge < -0.3 is 5.32 Å². The lowest BCUT2D eigenvalue weighted by molar-refractivity contribution is 0.502. The summed E-state index contributed by atoms with van der Waals surface area (Å²) in [5.41, 5.74) is 1.38. The molecule has 76 valence electrons. The highest BCUT2D eigenvalue weighted by molar-refractivity contribution is 5.15. The Balaban J connectivity index is 2.04. The Morgan fingerprint density at radius 2 is 2.00 bits per heavy atom. The van der Waals surface area contributed by atoms with Gasteiger partial charge in [-0.1, -0.05) is 6.92 Å². The molecular formula is C12H18N2. The quantitative estimate of drug-likeness (QED) is 0.736. The number of nitrogens with zero attached hydrogens (tertiary/aromatic N) is 1. The van der Waals surface area contributed by atoms with E-state index < -0.39 is 0 Å². The Morgan fingerprint density at radius 1 is 1.21 bits per heavy atom. The summed E-state index contributed by atoms with van der Waals surface area (Å²) in [6.07, 6.45) is 7.66. The van der Waals surface area contributed by atoms with E-state index in [0.29, 0.717) is 6.04 Å². The molecule has 2 heterocycles. The van der Waals surface area contributed by atoms with Crippen LogP contribution in [0.25, 0.3) is 0 Å². The van der Waals surface area contributed by atoms with Crippen molar-refractivity contribution in [2.45, 2.75) is 32.2 Å². The number of pyridine rings is 1. The first kappa shape index (κ1) is 9.66. The molecule has 2 heteroatoms. The summed E-state index contributed by atoms with van der Waals surface area (Å²) in [6.45, 7) is 3.49. The van der Waals surface area contributed by atoms with Crippen molar-refractivity contribution >= 4 is 0 Å². The van der Waals surface area contributed by atoms with Crippen LogP contribution in [0.15, 0.2) is 24.5 Å². The molecule has 0 spiro atoms. The average Bonchev–Trinajstić information content (AvgIpc) is 2.44. The molecule has 2 atom stereocenters. The van der Waals surface area contributed by atoms with Crippen LogP contribution < -0.4 is 5.32 Å². The molecular weight excluding hydrogens is 172 g/mol. The molecule has 1 aliphatic rings. The van der Waals surface area contributed by atoms with Gasteiger partial charge in [0.05, 0.1) is 0 Å². The van der Waals surface area contributed by atoms with E-state index in [4.69, 9.17) is 0 Å². The van der Waals surface area contributed by atoms with Crippen molar-refractivity contribution in [3.63, 3.8) is 0 Å². The third-order valence-corrected chi connectivity index (χ3v) is 3.08. The maximum atomic E-state index is 4.05. The lowest BCUT2D eigenvalue weighted by Gasteiger charge is -2.15. The molecule has 2 nitrogen and oxygen atoms in total. The molecule has 0 aliphatic carbocycles. The Kier molecular flexibility index (Phi) is 3.14. The molecule has 0 saturated carbocycles. The van der Waals surface area contributed by atoms with Crippen LogP contribution in [0, 0.1) is 5.92 Å². The number of hydrogen-bond donors (Lipinski definition) is 1. The smallest absolute Gasteiger partial charge is 0.0321 e. The van der Waals surface area contributed by atoms with Crippen LogP contribution in [0.2, 0.25) is 0 Å². The van der Waals surface area contributed by atoms with Gasteiger partial charge in [0, 0.05) is 18.4 Å². The Labute approximate surface area is 85.7 Å². The van der Waals surface area contributed by atoms with Crippen LogP contribution in [0.1, 0.15) is 37.8 Å². The van der Waals surface area contributed by atoms with Gasteiger partial charge in [0.15, 0.2) is 0 Å². The predicted molar refractivity (Wildman–Crippen MR) is 58.0 cm³/mol. The van der Waals surface area contributed by atoms with Crippen molar-refractivity contribution in [2.24, 2.45) is 5.92 Å². The molecule has 0 radical (unpaired) electrons. The monoisotopic (exact) mass is 190 g/mol. The second-order valence-electron chi connectivity index (χ2n) is 4.26. The summed E-state index contributed by atoms with van der Waals surface area (Å²) < 4.78 is 0. The summed E-state index contributed by atoms with van der Waals surface area (Å²) >= 11 is 0. The molecule has 1 fully saturated rings. The van der Waals surface area contributed by atoms with E-state index in [1.165, 1.54) is 24.8 Å². The van der Waals surface area contributed by atoms with Gasteiger partial charge in [-0.2, -0.15) is 0 Å². The van der Waals surface area contributed by atoms with E-state index in [1.807, 2.05) is 12.4 Å². The van der Waals surface area contributed by atoms with Crippen molar-refractivity contribution < 1.29 is 0 Å². The first-order chi connectivity index (χ1) is 6.86. The lowest BCUT2D eigenvalue weighted by Crippen LogP contribution is -2.20. The molecule has 1 aliphatic heterocycles. The lowest BCUT2D eigenvalue weighted by atomic mass is 9.98. The number of hydrogen-bond acceptors (Lipinski definition) is 2. The first-order valence-corrected chi connectivity index (χ1v) is 5.49. The molecule has 14 heavy (non-hydrogen) atoms. The molecule has 1 aromatic rings. The molecule has 0 aromatic carbocycles. The molecule has 0 amide bonds. The number of rotatable bonds is 1. The third-order valence-electron chi connectivity index (χ3n) is 3.08. The van der Waals surface area contributed by atoms with Gasteiger partial charge in [-0.15, -0.1) is 0 Å². The first-order valence-electron chi connectivity index (χ1n) is 5.49.